The maximum absolute atomic E-state index is 4.45. The first-order valence-electron chi connectivity index (χ1n) is 3.59. The van der Waals surface area contributed by atoms with E-state index >= 15 is 0 Å². The van der Waals surface area contributed by atoms with E-state index in [-0.39, 0.29) is 0 Å². The van der Waals surface area contributed by atoms with Gasteiger partial charge in [0.25, 0.3) is 0 Å². The van der Waals surface area contributed by atoms with Crippen molar-refractivity contribution in [3.8, 4) is 0 Å². The molecule has 0 spiro atoms. The molecule has 0 bridgehead atoms. The van der Waals surface area contributed by atoms with Crippen molar-refractivity contribution in [1.82, 2.24) is 4.98 Å². The molecule has 0 saturated carbocycles. The molecule has 0 amide bonds. The maximum Gasteiger partial charge on any atom is 0.123 e. The Morgan fingerprint density at radius 3 is 3.00 bits per heavy atom. The first-order chi connectivity index (χ1) is 5.27. The minimum Gasteiger partial charge on any atom is -0.242 e. The fourth-order valence-electron chi connectivity index (χ4n) is 1.09. The second kappa shape index (κ2) is 2.31. The summed E-state index contributed by atoms with van der Waals surface area (Å²) in [4.78, 5) is 5.60. The van der Waals surface area contributed by atoms with Gasteiger partial charge in [-0.25, -0.2) is 4.98 Å². The highest BCUT2D eigenvalue weighted by atomic mass is 32.1. The van der Waals surface area contributed by atoms with E-state index in [0.29, 0.717) is 0 Å². The number of aromatic nitrogens is 1. The van der Waals surface area contributed by atoms with Crippen LogP contribution in [0.5, 0.6) is 0 Å². The van der Waals surface area contributed by atoms with Crippen LogP contribution in [0.2, 0.25) is 0 Å². The van der Waals surface area contributed by atoms with Crippen molar-refractivity contribution in [2.24, 2.45) is 0 Å². The monoisotopic (exact) mass is 163 g/mol. The van der Waals surface area contributed by atoms with Gasteiger partial charge >= 0.3 is 0 Å². The van der Waals surface area contributed by atoms with Crippen LogP contribution in [0.1, 0.15) is 11.3 Å². The summed E-state index contributed by atoms with van der Waals surface area (Å²) >= 11 is 1.70. The Morgan fingerprint density at radius 1 is 1.36 bits per heavy atom. The Balaban J connectivity index is 2.86. The van der Waals surface area contributed by atoms with Gasteiger partial charge in [-0.15, -0.1) is 11.3 Å². The number of fused-ring (bicyclic) bond motifs is 1. The van der Waals surface area contributed by atoms with Crippen molar-refractivity contribution in [2.45, 2.75) is 13.8 Å². The SMILES string of the molecule is Cc1cc2ccsc2nc1C. The van der Waals surface area contributed by atoms with Gasteiger partial charge in [-0.3, -0.25) is 0 Å². The lowest BCUT2D eigenvalue weighted by Gasteiger charge is -1.96. The zero-order valence-electron chi connectivity index (χ0n) is 6.59. The number of rotatable bonds is 0. The largest absolute Gasteiger partial charge is 0.242 e. The van der Waals surface area contributed by atoms with Crippen LogP contribution in [0.3, 0.4) is 0 Å². The molecule has 0 N–H and O–H groups in total. The van der Waals surface area contributed by atoms with Gasteiger partial charge in [0.1, 0.15) is 4.83 Å². The zero-order valence-corrected chi connectivity index (χ0v) is 7.40. The predicted molar refractivity (Wildman–Crippen MR) is 49.1 cm³/mol. The average Bonchev–Trinajstić information content (AvgIpc) is 2.36. The van der Waals surface area contributed by atoms with Crippen LogP contribution >= 0.6 is 11.3 Å². The molecule has 2 aromatic heterocycles. The third-order valence-corrected chi connectivity index (χ3v) is 2.71. The average molecular weight is 163 g/mol. The number of hydrogen-bond donors (Lipinski definition) is 0. The molecule has 1 nitrogen and oxygen atoms in total. The molecule has 0 radical (unpaired) electrons. The topological polar surface area (TPSA) is 12.9 Å². The first-order valence-corrected chi connectivity index (χ1v) is 4.47. The Morgan fingerprint density at radius 2 is 2.18 bits per heavy atom. The van der Waals surface area contributed by atoms with Gasteiger partial charge < -0.3 is 0 Å². The molecule has 2 rings (SSSR count). The van der Waals surface area contributed by atoms with Crippen LogP contribution in [0.15, 0.2) is 17.5 Å². The van der Waals surface area contributed by atoms with Gasteiger partial charge in [0, 0.05) is 11.1 Å². The molecule has 0 fully saturated rings. The lowest BCUT2D eigenvalue weighted by Crippen LogP contribution is -1.84. The standard InChI is InChI=1S/C9H9NS/c1-6-5-8-3-4-11-9(8)10-7(6)2/h3-5H,1-2H3. The quantitative estimate of drug-likeness (QED) is 0.582. The third kappa shape index (κ3) is 1.03. The Bertz CT molecular complexity index is 353. The molecule has 2 aromatic rings. The highest BCUT2D eigenvalue weighted by Gasteiger charge is 1.98. The summed E-state index contributed by atoms with van der Waals surface area (Å²) in [5, 5.41) is 3.34. The molecule has 2 heterocycles. The molecule has 0 aliphatic rings. The molecule has 0 saturated heterocycles. The van der Waals surface area contributed by atoms with Gasteiger partial charge in [-0.2, -0.15) is 0 Å². The lowest BCUT2D eigenvalue weighted by atomic mass is 10.2. The Labute approximate surface area is 69.7 Å². The first kappa shape index (κ1) is 6.80. The Kier molecular flexibility index (Phi) is 1.43. The molecular weight excluding hydrogens is 154 g/mol. The normalized spacial score (nSPS) is 10.7. The molecule has 2 heteroatoms. The highest BCUT2D eigenvalue weighted by Crippen LogP contribution is 2.20. The summed E-state index contributed by atoms with van der Waals surface area (Å²) in [6, 6.07) is 4.30. The second-order valence-electron chi connectivity index (χ2n) is 2.71. The minimum atomic E-state index is 1.14. The fourth-order valence-corrected chi connectivity index (χ4v) is 1.89. The van der Waals surface area contributed by atoms with Crippen LogP contribution in [-0.4, -0.2) is 4.98 Å². The molecule has 0 aliphatic carbocycles. The molecule has 0 aromatic carbocycles. The predicted octanol–water partition coefficient (Wildman–Crippen LogP) is 2.91. The van der Waals surface area contributed by atoms with Gasteiger partial charge in [0.2, 0.25) is 0 Å². The summed E-state index contributed by atoms with van der Waals surface area (Å²) in [7, 11) is 0. The van der Waals surface area contributed by atoms with Gasteiger partial charge in [0.05, 0.1) is 0 Å². The number of thiophene rings is 1. The van der Waals surface area contributed by atoms with Crippen LogP contribution in [0.25, 0.3) is 10.2 Å². The van der Waals surface area contributed by atoms with Crippen LogP contribution < -0.4 is 0 Å². The summed E-state index contributed by atoms with van der Waals surface area (Å²) in [5.74, 6) is 0. The number of nitrogens with zero attached hydrogens (tertiary/aromatic N) is 1. The van der Waals surface area contributed by atoms with Crippen molar-refractivity contribution >= 4 is 21.6 Å². The van der Waals surface area contributed by atoms with E-state index in [0.717, 1.165) is 10.5 Å². The van der Waals surface area contributed by atoms with E-state index in [9.17, 15) is 0 Å². The molecule has 0 atom stereocenters. The van der Waals surface area contributed by atoms with Crippen molar-refractivity contribution in [3.63, 3.8) is 0 Å². The Hall–Kier alpha value is -0.890. The number of hydrogen-bond acceptors (Lipinski definition) is 2. The molecule has 0 unspecified atom stereocenters. The van der Waals surface area contributed by atoms with Crippen molar-refractivity contribution in [3.05, 3.63) is 28.8 Å². The minimum absolute atomic E-state index is 1.14. The summed E-state index contributed by atoms with van der Waals surface area (Å²) in [5.41, 5.74) is 2.41. The molecule has 0 aliphatic heterocycles. The van der Waals surface area contributed by atoms with Crippen LogP contribution in [-0.2, 0) is 0 Å². The summed E-state index contributed by atoms with van der Waals surface area (Å²) < 4.78 is 0. The maximum atomic E-state index is 4.45. The van der Waals surface area contributed by atoms with E-state index < -0.39 is 0 Å². The summed E-state index contributed by atoms with van der Waals surface area (Å²) in [6.07, 6.45) is 0. The third-order valence-electron chi connectivity index (χ3n) is 1.89. The fraction of sp³-hybridized carbons (Fsp3) is 0.222. The van der Waals surface area contributed by atoms with Crippen LogP contribution in [0.4, 0.5) is 0 Å². The van der Waals surface area contributed by atoms with Crippen molar-refractivity contribution < 1.29 is 0 Å². The van der Waals surface area contributed by atoms with E-state index in [1.54, 1.807) is 11.3 Å². The molecule has 11 heavy (non-hydrogen) atoms. The number of pyridine rings is 1. The van der Waals surface area contributed by atoms with Gasteiger partial charge in [-0.1, -0.05) is 0 Å². The van der Waals surface area contributed by atoms with Crippen molar-refractivity contribution in [1.29, 1.82) is 0 Å². The van der Waals surface area contributed by atoms with Gasteiger partial charge in [0.15, 0.2) is 0 Å². The lowest BCUT2D eigenvalue weighted by molar-refractivity contribution is 1.21. The van der Waals surface area contributed by atoms with Crippen LogP contribution in [0, 0.1) is 13.8 Å². The van der Waals surface area contributed by atoms with E-state index in [1.807, 2.05) is 0 Å². The molecular formula is C9H9NS. The zero-order chi connectivity index (χ0) is 7.84. The smallest absolute Gasteiger partial charge is 0.123 e. The van der Waals surface area contributed by atoms with E-state index in [4.69, 9.17) is 0 Å². The second-order valence-corrected chi connectivity index (χ2v) is 3.60. The van der Waals surface area contributed by atoms with Gasteiger partial charge in [-0.05, 0) is 36.9 Å². The highest BCUT2D eigenvalue weighted by molar-refractivity contribution is 7.16. The van der Waals surface area contributed by atoms with E-state index in [2.05, 4.69) is 36.3 Å². The van der Waals surface area contributed by atoms with Crippen molar-refractivity contribution in [2.75, 3.05) is 0 Å². The summed E-state index contributed by atoms with van der Waals surface area (Å²) in [6.45, 7) is 4.15. The number of aryl methyl sites for hydroxylation is 2. The molecule has 56 valence electrons. The van der Waals surface area contributed by atoms with E-state index in [1.165, 1.54) is 10.9 Å².